The van der Waals surface area contributed by atoms with E-state index in [0.29, 0.717) is 22.7 Å². The van der Waals surface area contributed by atoms with Crippen LogP contribution in [0.3, 0.4) is 0 Å². The molecule has 12 nitrogen and oxygen atoms in total. The number of nitrogens with one attached hydrogen (secondary N) is 1. The van der Waals surface area contributed by atoms with E-state index in [1.807, 2.05) is 12.1 Å². The molecule has 1 aromatic carbocycles. The van der Waals surface area contributed by atoms with Crippen LogP contribution < -0.4 is 20.8 Å². The second kappa shape index (κ2) is 13.6. The molecule has 1 atom stereocenters. The van der Waals surface area contributed by atoms with Gasteiger partial charge in [0.2, 0.25) is 5.60 Å². The van der Waals surface area contributed by atoms with Gasteiger partial charge in [0.25, 0.3) is 5.56 Å². The van der Waals surface area contributed by atoms with E-state index in [1.165, 1.54) is 6.92 Å². The Labute approximate surface area is 299 Å². The molecule has 5 rings (SSSR count). The van der Waals surface area contributed by atoms with Crippen molar-refractivity contribution in [2.45, 2.75) is 118 Å². The second-order valence-electron chi connectivity index (χ2n) is 16.3. The maximum absolute atomic E-state index is 14.3. The molecule has 2 aliphatic rings. The van der Waals surface area contributed by atoms with E-state index in [2.05, 4.69) is 39.2 Å². The molecule has 1 N–H and O–H groups in total. The smallest absolute Gasteiger partial charge is 0.407 e. The average Bonchev–Trinajstić information content (AvgIpc) is 3.37. The van der Waals surface area contributed by atoms with Gasteiger partial charge < -0.3 is 28.8 Å². The number of alkyl carbamates (subject to hydrolysis) is 1. The molecule has 0 spiro atoms. The van der Waals surface area contributed by atoms with E-state index < -0.39 is 43.3 Å². The van der Waals surface area contributed by atoms with E-state index in [0.717, 1.165) is 28.6 Å². The van der Waals surface area contributed by atoms with Gasteiger partial charge in [-0.3, -0.25) is 14.4 Å². The molecule has 1 unspecified atom stereocenters. The van der Waals surface area contributed by atoms with Crippen molar-refractivity contribution in [1.82, 2.24) is 14.9 Å². The van der Waals surface area contributed by atoms with Gasteiger partial charge in [-0.05, 0) is 67.6 Å². The summed E-state index contributed by atoms with van der Waals surface area (Å²) in [6.07, 6.45) is 0.0859. The van der Waals surface area contributed by atoms with Crippen molar-refractivity contribution in [2.24, 2.45) is 5.41 Å². The summed E-state index contributed by atoms with van der Waals surface area (Å²) < 4.78 is 23.8. The summed E-state index contributed by atoms with van der Waals surface area (Å²) in [4.78, 5) is 70.1. The molecule has 0 fully saturated rings. The molecule has 3 aromatic rings. The lowest BCUT2D eigenvalue weighted by Crippen LogP contribution is -2.48. The summed E-state index contributed by atoms with van der Waals surface area (Å²) in [5.41, 5.74) is 0.466. The number of hydrogen-bond donors (Lipinski definition) is 1. The van der Waals surface area contributed by atoms with Crippen LogP contribution in [0.5, 0.6) is 5.75 Å². The monoisotopic (exact) mass is 719 g/mol. The SMILES string of the molecule is CCC1(OC(=O)CCNC(=O)OC(C)(C)C)C(=O)OCc2c1cc1n(c2=O)Cc2c-1nc1ccc(OC(C)=O)cc1c2[Si](C)(C)CCC(C)(C)C. The number of ether oxygens (including phenoxy) is 4. The minimum absolute atomic E-state index is 0.0158. The summed E-state index contributed by atoms with van der Waals surface area (Å²) in [6.45, 7) is 19.5. The number of nitrogens with zero attached hydrogens (tertiary/aromatic N) is 2. The number of rotatable bonds is 9. The normalized spacial score (nSPS) is 16.9. The molecule has 2 aliphatic heterocycles. The number of carbonyl (C=O) groups is 4. The highest BCUT2D eigenvalue weighted by Crippen LogP contribution is 2.42. The minimum atomic E-state index is -2.25. The summed E-state index contributed by atoms with van der Waals surface area (Å²) in [5, 5.41) is 4.55. The lowest BCUT2D eigenvalue weighted by molar-refractivity contribution is -0.189. The number of cyclic esters (lactones) is 1. The largest absolute Gasteiger partial charge is 0.457 e. The minimum Gasteiger partial charge on any atom is -0.457 e. The van der Waals surface area contributed by atoms with Gasteiger partial charge in [-0.15, -0.1) is 0 Å². The number of carbonyl (C=O) groups excluding carboxylic acids is 4. The number of aromatic nitrogens is 2. The predicted molar refractivity (Wildman–Crippen MR) is 195 cm³/mol. The van der Waals surface area contributed by atoms with Crippen LogP contribution in [0.4, 0.5) is 4.79 Å². The van der Waals surface area contributed by atoms with Gasteiger partial charge in [0.05, 0.1) is 43.5 Å². The molecule has 4 heterocycles. The van der Waals surface area contributed by atoms with Crippen LogP contribution in [0.2, 0.25) is 19.1 Å². The van der Waals surface area contributed by atoms with Gasteiger partial charge in [-0.25, -0.2) is 14.6 Å². The molecule has 51 heavy (non-hydrogen) atoms. The standard InChI is InChI=1S/C38H49N3O9Si/c1-11-38(49-30(43)14-16-39-35(46)50-37(6,7)8)27-19-29-31-25(20-41(29)33(44)26(27)21-47-34(38)45)32(51(9,10)17-15-36(3,4)5)24-18-23(48-22(2)42)12-13-28(24)40-31/h12-13,18-19H,11,14-17,20-21H2,1-10H3,(H,39,46). The Morgan fingerprint density at radius 2 is 1.76 bits per heavy atom. The second-order valence-corrected chi connectivity index (χ2v) is 21.0. The van der Waals surface area contributed by atoms with Crippen LogP contribution in [0, 0.1) is 5.41 Å². The van der Waals surface area contributed by atoms with Gasteiger partial charge >= 0.3 is 24.0 Å². The van der Waals surface area contributed by atoms with E-state index in [-0.39, 0.29) is 54.6 Å². The lowest BCUT2D eigenvalue weighted by Gasteiger charge is -2.35. The van der Waals surface area contributed by atoms with Gasteiger partial charge in [0.15, 0.2) is 0 Å². The highest BCUT2D eigenvalue weighted by Gasteiger charge is 2.50. The van der Waals surface area contributed by atoms with Crippen molar-refractivity contribution >= 4 is 48.2 Å². The van der Waals surface area contributed by atoms with Crippen LogP contribution >= 0.6 is 0 Å². The van der Waals surface area contributed by atoms with Gasteiger partial charge in [-0.1, -0.05) is 53.3 Å². The highest BCUT2D eigenvalue weighted by atomic mass is 28.3. The summed E-state index contributed by atoms with van der Waals surface area (Å²) in [6, 6.07) is 8.12. The van der Waals surface area contributed by atoms with Crippen LogP contribution in [-0.4, -0.2) is 53.8 Å². The Bertz CT molecular complexity index is 1990. The summed E-state index contributed by atoms with van der Waals surface area (Å²) in [5.74, 6) is -1.52. The van der Waals surface area contributed by atoms with Crippen molar-refractivity contribution in [3.63, 3.8) is 0 Å². The predicted octanol–water partition coefficient (Wildman–Crippen LogP) is 5.82. The lowest BCUT2D eigenvalue weighted by atomic mass is 9.85. The summed E-state index contributed by atoms with van der Waals surface area (Å²) >= 11 is 0. The first kappa shape index (κ1) is 37.7. The van der Waals surface area contributed by atoms with E-state index >= 15 is 0 Å². The van der Waals surface area contributed by atoms with Crippen molar-refractivity contribution in [2.75, 3.05) is 6.54 Å². The molecule has 0 saturated heterocycles. The van der Waals surface area contributed by atoms with E-state index in [4.69, 9.17) is 23.9 Å². The molecular formula is C38H49N3O9Si. The van der Waals surface area contributed by atoms with Crippen molar-refractivity contribution < 1.29 is 38.1 Å². The van der Waals surface area contributed by atoms with Crippen LogP contribution in [-0.2, 0) is 47.3 Å². The van der Waals surface area contributed by atoms with Crippen LogP contribution in [0.1, 0.15) is 91.3 Å². The fourth-order valence-electron chi connectivity index (χ4n) is 6.86. The van der Waals surface area contributed by atoms with Crippen LogP contribution in [0.25, 0.3) is 22.3 Å². The first-order chi connectivity index (χ1) is 23.7. The zero-order chi connectivity index (χ0) is 37.7. The molecule has 0 saturated carbocycles. The number of benzene rings is 1. The molecule has 13 heteroatoms. The zero-order valence-electron chi connectivity index (χ0n) is 31.3. The van der Waals surface area contributed by atoms with Gasteiger partial charge in [0.1, 0.15) is 18.0 Å². The molecule has 2 aromatic heterocycles. The molecule has 0 bridgehead atoms. The molecule has 1 amide bonds. The summed E-state index contributed by atoms with van der Waals surface area (Å²) in [7, 11) is -2.25. The van der Waals surface area contributed by atoms with Gasteiger partial charge in [0, 0.05) is 24.4 Å². The fraction of sp³-hybridized carbons (Fsp3) is 0.526. The molecular weight excluding hydrogens is 671 g/mol. The third-order valence-electron chi connectivity index (χ3n) is 9.35. The first-order valence-corrected chi connectivity index (χ1v) is 20.7. The highest BCUT2D eigenvalue weighted by molar-refractivity contribution is 6.91. The molecule has 274 valence electrons. The van der Waals surface area contributed by atoms with Crippen LogP contribution in [0.15, 0.2) is 29.1 Å². The Kier molecular flexibility index (Phi) is 10.0. The Morgan fingerprint density at radius 3 is 2.39 bits per heavy atom. The number of amides is 1. The van der Waals surface area contributed by atoms with E-state index in [9.17, 15) is 24.0 Å². The maximum Gasteiger partial charge on any atom is 0.407 e. The Balaban J connectivity index is 1.61. The Hall–Kier alpha value is -4.52. The molecule has 0 radical (unpaired) electrons. The van der Waals surface area contributed by atoms with Crippen molar-refractivity contribution in [3.05, 3.63) is 51.3 Å². The number of hydrogen-bond acceptors (Lipinski definition) is 10. The molecule has 0 aliphatic carbocycles. The Morgan fingerprint density at radius 1 is 1.06 bits per heavy atom. The number of pyridine rings is 2. The van der Waals surface area contributed by atoms with Crippen molar-refractivity contribution in [3.8, 4) is 17.1 Å². The van der Waals surface area contributed by atoms with Crippen molar-refractivity contribution in [1.29, 1.82) is 0 Å². The first-order valence-electron chi connectivity index (χ1n) is 17.4. The number of fused-ring (bicyclic) bond motifs is 5. The average molecular weight is 720 g/mol. The quantitative estimate of drug-likeness (QED) is 0.0969. The van der Waals surface area contributed by atoms with Gasteiger partial charge in [-0.2, -0.15) is 0 Å². The number of esters is 3. The fourth-order valence-corrected chi connectivity index (χ4v) is 10.4. The third kappa shape index (κ3) is 7.73. The maximum atomic E-state index is 14.3. The topological polar surface area (TPSA) is 152 Å². The van der Waals surface area contributed by atoms with E-state index in [1.54, 1.807) is 44.4 Å². The third-order valence-corrected chi connectivity index (χ3v) is 12.8. The zero-order valence-corrected chi connectivity index (χ0v) is 32.3.